The highest BCUT2D eigenvalue weighted by molar-refractivity contribution is 5.94. The van der Waals surface area contributed by atoms with Crippen LogP contribution in [0.5, 0.6) is 0 Å². The molecule has 2 N–H and O–H groups in total. The standard InChI is InChI=1S/C17H19FN2O/c1-2-20(12-15-7-4-3-6-14(15)11-19)17(21)13-8-5-9-16(18)10-13/h3-10H,2,11-12,19H2,1H3. The molecule has 4 heteroatoms. The smallest absolute Gasteiger partial charge is 0.254 e. The lowest BCUT2D eigenvalue weighted by Gasteiger charge is -2.22. The van der Waals surface area contributed by atoms with Crippen molar-refractivity contribution in [1.29, 1.82) is 0 Å². The van der Waals surface area contributed by atoms with Crippen molar-refractivity contribution < 1.29 is 9.18 Å². The minimum atomic E-state index is -0.403. The summed E-state index contributed by atoms with van der Waals surface area (Å²) >= 11 is 0. The lowest BCUT2D eigenvalue weighted by molar-refractivity contribution is 0.0751. The van der Waals surface area contributed by atoms with Gasteiger partial charge in [0.05, 0.1) is 0 Å². The number of nitrogens with two attached hydrogens (primary N) is 1. The van der Waals surface area contributed by atoms with Crippen molar-refractivity contribution in [3.05, 3.63) is 71.0 Å². The second-order valence-electron chi connectivity index (χ2n) is 4.80. The Balaban J connectivity index is 2.22. The average Bonchev–Trinajstić information content (AvgIpc) is 2.52. The first kappa shape index (κ1) is 15.2. The highest BCUT2D eigenvalue weighted by Crippen LogP contribution is 2.14. The normalized spacial score (nSPS) is 10.4. The van der Waals surface area contributed by atoms with Crippen LogP contribution < -0.4 is 5.73 Å². The van der Waals surface area contributed by atoms with Gasteiger partial charge in [-0.3, -0.25) is 4.79 Å². The SMILES string of the molecule is CCN(Cc1ccccc1CN)C(=O)c1cccc(F)c1. The van der Waals surface area contributed by atoms with E-state index in [1.54, 1.807) is 17.0 Å². The molecule has 0 spiro atoms. The van der Waals surface area contributed by atoms with E-state index in [-0.39, 0.29) is 5.91 Å². The van der Waals surface area contributed by atoms with Gasteiger partial charge in [0.1, 0.15) is 5.82 Å². The molecule has 0 atom stereocenters. The Labute approximate surface area is 124 Å². The molecule has 1 amide bonds. The molecule has 3 nitrogen and oxygen atoms in total. The number of carbonyl (C=O) groups is 1. The minimum Gasteiger partial charge on any atom is -0.335 e. The summed E-state index contributed by atoms with van der Waals surface area (Å²) in [5.41, 5.74) is 8.12. The quantitative estimate of drug-likeness (QED) is 0.918. The highest BCUT2D eigenvalue weighted by atomic mass is 19.1. The third kappa shape index (κ3) is 3.67. The maximum Gasteiger partial charge on any atom is 0.254 e. The first-order chi connectivity index (χ1) is 10.2. The molecule has 0 radical (unpaired) electrons. The molecule has 0 aliphatic rings. The van der Waals surface area contributed by atoms with Gasteiger partial charge in [-0.05, 0) is 36.2 Å². The summed E-state index contributed by atoms with van der Waals surface area (Å²) in [6.45, 7) is 3.36. The van der Waals surface area contributed by atoms with Crippen molar-refractivity contribution in [2.24, 2.45) is 5.73 Å². The van der Waals surface area contributed by atoms with Crippen LogP contribution in [-0.2, 0) is 13.1 Å². The Morgan fingerprint density at radius 3 is 2.48 bits per heavy atom. The first-order valence-corrected chi connectivity index (χ1v) is 6.97. The molecule has 0 bridgehead atoms. The highest BCUT2D eigenvalue weighted by Gasteiger charge is 2.16. The predicted octanol–water partition coefficient (Wildman–Crippen LogP) is 2.95. The van der Waals surface area contributed by atoms with Crippen molar-refractivity contribution in [3.63, 3.8) is 0 Å². The van der Waals surface area contributed by atoms with Crippen molar-refractivity contribution in [2.75, 3.05) is 6.54 Å². The summed E-state index contributed by atoms with van der Waals surface area (Å²) in [7, 11) is 0. The molecule has 0 unspecified atom stereocenters. The first-order valence-electron chi connectivity index (χ1n) is 6.97. The van der Waals surface area contributed by atoms with Gasteiger partial charge in [0.15, 0.2) is 0 Å². The fourth-order valence-electron chi connectivity index (χ4n) is 2.25. The van der Waals surface area contributed by atoms with Crippen molar-refractivity contribution >= 4 is 5.91 Å². The van der Waals surface area contributed by atoms with Crippen molar-refractivity contribution in [1.82, 2.24) is 4.90 Å². The van der Waals surface area contributed by atoms with E-state index in [1.165, 1.54) is 12.1 Å². The number of halogens is 1. The molecule has 0 aromatic heterocycles. The number of hydrogen-bond acceptors (Lipinski definition) is 2. The number of carbonyl (C=O) groups excluding carboxylic acids is 1. The molecule has 0 heterocycles. The molecule has 0 saturated carbocycles. The maximum atomic E-state index is 13.3. The van der Waals surface area contributed by atoms with Crippen LogP contribution in [0.25, 0.3) is 0 Å². The third-order valence-electron chi connectivity index (χ3n) is 3.44. The summed E-state index contributed by atoms with van der Waals surface area (Å²) in [6, 6.07) is 13.5. The van der Waals surface area contributed by atoms with Crippen LogP contribution >= 0.6 is 0 Å². The van der Waals surface area contributed by atoms with Gasteiger partial charge in [-0.15, -0.1) is 0 Å². The second-order valence-corrected chi connectivity index (χ2v) is 4.80. The lowest BCUT2D eigenvalue weighted by atomic mass is 10.1. The molecule has 0 aliphatic carbocycles. The zero-order valence-corrected chi connectivity index (χ0v) is 12.1. The van der Waals surface area contributed by atoms with Crippen LogP contribution in [-0.4, -0.2) is 17.4 Å². The summed E-state index contributed by atoms with van der Waals surface area (Å²) in [4.78, 5) is 14.1. The zero-order valence-electron chi connectivity index (χ0n) is 12.1. The fraction of sp³-hybridized carbons (Fsp3) is 0.235. The summed E-state index contributed by atoms with van der Waals surface area (Å²) < 4.78 is 13.3. The molecule has 21 heavy (non-hydrogen) atoms. The minimum absolute atomic E-state index is 0.177. The zero-order chi connectivity index (χ0) is 15.2. The van der Waals surface area contributed by atoms with Crippen molar-refractivity contribution in [2.45, 2.75) is 20.0 Å². The second kappa shape index (κ2) is 6.99. The Hall–Kier alpha value is -2.20. The fourth-order valence-corrected chi connectivity index (χ4v) is 2.25. The number of benzene rings is 2. The van der Waals surface area contributed by atoms with E-state index in [2.05, 4.69) is 0 Å². The monoisotopic (exact) mass is 286 g/mol. The van der Waals surface area contributed by atoms with Crippen LogP contribution in [0.2, 0.25) is 0 Å². The van der Waals surface area contributed by atoms with E-state index in [4.69, 9.17) is 5.73 Å². The molecule has 0 fully saturated rings. The molecule has 2 rings (SSSR count). The molecular formula is C17H19FN2O. The Kier molecular flexibility index (Phi) is 5.06. The van der Waals surface area contributed by atoms with E-state index in [9.17, 15) is 9.18 Å². The Morgan fingerprint density at radius 1 is 1.14 bits per heavy atom. The van der Waals surface area contributed by atoms with Crippen LogP contribution in [0, 0.1) is 5.82 Å². The Morgan fingerprint density at radius 2 is 1.86 bits per heavy atom. The van der Waals surface area contributed by atoms with Gasteiger partial charge in [0.2, 0.25) is 0 Å². The summed E-state index contributed by atoms with van der Waals surface area (Å²) in [5.74, 6) is -0.580. The largest absolute Gasteiger partial charge is 0.335 e. The number of rotatable bonds is 5. The average molecular weight is 286 g/mol. The van der Waals surface area contributed by atoms with Crippen LogP contribution in [0.4, 0.5) is 4.39 Å². The van der Waals surface area contributed by atoms with Gasteiger partial charge in [-0.1, -0.05) is 30.3 Å². The Bertz CT molecular complexity index is 628. The van der Waals surface area contributed by atoms with Crippen LogP contribution in [0.3, 0.4) is 0 Å². The molecule has 2 aromatic carbocycles. The third-order valence-corrected chi connectivity index (χ3v) is 3.44. The van der Waals surface area contributed by atoms with E-state index in [0.29, 0.717) is 25.2 Å². The molecule has 110 valence electrons. The molecular weight excluding hydrogens is 267 g/mol. The number of hydrogen-bond donors (Lipinski definition) is 1. The van der Waals surface area contributed by atoms with Crippen LogP contribution in [0.1, 0.15) is 28.4 Å². The van der Waals surface area contributed by atoms with Crippen molar-refractivity contribution in [3.8, 4) is 0 Å². The van der Waals surface area contributed by atoms with Gasteiger partial charge >= 0.3 is 0 Å². The molecule has 2 aromatic rings. The maximum absolute atomic E-state index is 13.3. The topological polar surface area (TPSA) is 46.3 Å². The van der Waals surface area contributed by atoms with Gasteiger partial charge in [0, 0.05) is 25.2 Å². The van der Waals surface area contributed by atoms with Crippen LogP contribution in [0.15, 0.2) is 48.5 Å². The van der Waals surface area contributed by atoms with E-state index in [1.807, 2.05) is 31.2 Å². The number of nitrogens with zero attached hydrogens (tertiary/aromatic N) is 1. The number of amides is 1. The van der Waals surface area contributed by atoms with E-state index in [0.717, 1.165) is 11.1 Å². The molecule has 0 aliphatic heterocycles. The summed E-state index contributed by atoms with van der Waals surface area (Å²) in [5, 5.41) is 0. The molecule has 0 saturated heterocycles. The van der Waals surface area contributed by atoms with Gasteiger partial charge in [-0.25, -0.2) is 4.39 Å². The van der Waals surface area contributed by atoms with E-state index < -0.39 is 5.82 Å². The summed E-state index contributed by atoms with van der Waals surface area (Å²) in [6.07, 6.45) is 0. The van der Waals surface area contributed by atoms with Gasteiger partial charge < -0.3 is 10.6 Å². The van der Waals surface area contributed by atoms with Gasteiger partial charge in [0.25, 0.3) is 5.91 Å². The van der Waals surface area contributed by atoms with E-state index >= 15 is 0 Å². The van der Waals surface area contributed by atoms with Gasteiger partial charge in [-0.2, -0.15) is 0 Å². The lowest BCUT2D eigenvalue weighted by Crippen LogP contribution is -2.30. The predicted molar refractivity (Wildman–Crippen MR) is 81.1 cm³/mol.